The van der Waals surface area contributed by atoms with E-state index in [9.17, 15) is 4.79 Å². The van der Waals surface area contributed by atoms with Gasteiger partial charge in [-0.25, -0.2) is 0 Å². The van der Waals surface area contributed by atoms with Crippen LogP contribution in [-0.2, 0) is 4.79 Å². The summed E-state index contributed by atoms with van der Waals surface area (Å²) in [6.45, 7) is 6.66. The number of allylic oxidation sites excluding steroid dienone is 1. The summed E-state index contributed by atoms with van der Waals surface area (Å²) in [5, 5.41) is 2.63. The zero-order valence-electron chi connectivity index (χ0n) is 7.18. The first-order chi connectivity index (χ1) is 5.31. The number of nitrogens with one attached hydrogen (secondary N) is 1. The number of carbonyl (C=O) groups excluding carboxylic acids is 1. The zero-order chi connectivity index (χ0) is 8.53. The Morgan fingerprint density at radius 1 is 1.55 bits per heavy atom. The molecule has 0 aromatic rings. The molecule has 0 aliphatic rings. The summed E-state index contributed by atoms with van der Waals surface area (Å²) >= 11 is 0. The number of hydrogen-bond donors (Lipinski definition) is 1. The number of unbranched alkanes of at least 4 members (excludes halogenated alkanes) is 1. The van der Waals surface area contributed by atoms with Gasteiger partial charge in [0, 0.05) is 6.54 Å². The summed E-state index contributed by atoms with van der Waals surface area (Å²) in [5.41, 5.74) is 0. The van der Waals surface area contributed by atoms with E-state index in [2.05, 4.69) is 18.8 Å². The van der Waals surface area contributed by atoms with Crippen LogP contribution in [0.1, 0.15) is 26.2 Å². The Bertz CT molecular complexity index is 112. The maximum atomic E-state index is 9.83. The molecule has 0 aliphatic carbocycles. The topological polar surface area (TPSA) is 29.1 Å². The van der Waals surface area contributed by atoms with Crippen LogP contribution in [0.3, 0.4) is 0 Å². The van der Waals surface area contributed by atoms with Crippen molar-refractivity contribution in [3.63, 3.8) is 0 Å². The molecule has 0 spiro atoms. The third-order valence-electron chi connectivity index (χ3n) is 1.72. The van der Waals surface area contributed by atoms with Gasteiger partial charge in [0.25, 0.3) is 0 Å². The van der Waals surface area contributed by atoms with Crippen LogP contribution in [0.2, 0.25) is 0 Å². The Balaban J connectivity index is 3.01. The SMILES string of the molecule is C=CC(C)CCCCNC=O. The van der Waals surface area contributed by atoms with Crippen molar-refractivity contribution >= 4 is 6.41 Å². The van der Waals surface area contributed by atoms with Crippen molar-refractivity contribution in [2.75, 3.05) is 6.54 Å². The average molecular weight is 155 g/mol. The van der Waals surface area contributed by atoms with Crippen molar-refractivity contribution in [1.29, 1.82) is 0 Å². The van der Waals surface area contributed by atoms with Crippen LogP contribution >= 0.6 is 0 Å². The number of hydrogen-bond acceptors (Lipinski definition) is 1. The van der Waals surface area contributed by atoms with Crippen LogP contribution in [0, 0.1) is 5.92 Å². The Hall–Kier alpha value is -0.790. The minimum absolute atomic E-state index is 0.603. The highest BCUT2D eigenvalue weighted by molar-refractivity contribution is 5.45. The molecule has 0 aromatic heterocycles. The van der Waals surface area contributed by atoms with Gasteiger partial charge in [-0.2, -0.15) is 0 Å². The average Bonchev–Trinajstić information content (AvgIpc) is 2.04. The molecule has 64 valence electrons. The summed E-state index contributed by atoms with van der Waals surface area (Å²) in [6.07, 6.45) is 6.11. The Morgan fingerprint density at radius 2 is 2.27 bits per heavy atom. The molecule has 0 fully saturated rings. The van der Waals surface area contributed by atoms with Crippen LogP contribution in [0.5, 0.6) is 0 Å². The fraction of sp³-hybridized carbons (Fsp3) is 0.667. The second kappa shape index (κ2) is 7.32. The van der Waals surface area contributed by atoms with Crippen LogP contribution in [0.15, 0.2) is 12.7 Å². The lowest BCUT2D eigenvalue weighted by Gasteiger charge is -2.03. The van der Waals surface area contributed by atoms with E-state index in [0.717, 1.165) is 25.8 Å². The van der Waals surface area contributed by atoms with Gasteiger partial charge < -0.3 is 5.32 Å². The summed E-state index contributed by atoms with van der Waals surface area (Å²) in [6, 6.07) is 0. The maximum absolute atomic E-state index is 9.83. The zero-order valence-corrected chi connectivity index (χ0v) is 7.18. The molecular formula is C9H17NO. The Labute approximate surface area is 68.7 Å². The van der Waals surface area contributed by atoms with Crippen LogP contribution < -0.4 is 5.32 Å². The highest BCUT2D eigenvalue weighted by Gasteiger charge is 1.94. The normalized spacial score (nSPS) is 12.1. The third-order valence-corrected chi connectivity index (χ3v) is 1.72. The quantitative estimate of drug-likeness (QED) is 0.338. The second-order valence-electron chi connectivity index (χ2n) is 2.78. The van der Waals surface area contributed by atoms with Crippen LogP contribution in [-0.4, -0.2) is 13.0 Å². The van der Waals surface area contributed by atoms with Gasteiger partial charge in [-0.1, -0.05) is 19.4 Å². The first-order valence-corrected chi connectivity index (χ1v) is 4.11. The minimum Gasteiger partial charge on any atom is -0.359 e. The van der Waals surface area contributed by atoms with Crippen LogP contribution in [0.25, 0.3) is 0 Å². The van der Waals surface area contributed by atoms with E-state index in [4.69, 9.17) is 0 Å². The second-order valence-corrected chi connectivity index (χ2v) is 2.78. The molecule has 11 heavy (non-hydrogen) atoms. The van der Waals surface area contributed by atoms with Gasteiger partial charge in [0.05, 0.1) is 0 Å². The fourth-order valence-electron chi connectivity index (χ4n) is 0.870. The number of rotatable bonds is 7. The van der Waals surface area contributed by atoms with Crippen molar-refractivity contribution in [2.24, 2.45) is 5.92 Å². The van der Waals surface area contributed by atoms with Gasteiger partial charge in [-0.3, -0.25) is 4.79 Å². The van der Waals surface area contributed by atoms with Crippen molar-refractivity contribution in [2.45, 2.75) is 26.2 Å². The van der Waals surface area contributed by atoms with E-state index >= 15 is 0 Å². The molecule has 0 radical (unpaired) electrons. The lowest BCUT2D eigenvalue weighted by Crippen LogP contribution is -2.11. The fourth-order valence-corrected chi connectivity index (χ4v) is 0.870. The molecule has 2 heteroatoms. The molecule has 1 unspecified atom stereocenters. The molecule has 1 N–H and O–H groups in total. The molecule has 0 saturated carbocycles. The van der Waals surface area contributed by atoms with Gasteiger partial charge in [0.15, 0.2) is 0 Å². The molecule has 0 bridgehead atoms. The van der Waals surface area contributed by atoms with Gasteiger partial charge in [-0.05, 0) is 18.8 Å². The van der Waals surface area contributed by atoms with E-state index in [1.807, 2.05) is 6.08 Å². The maximum Gasteiger partial charge on any atom is 0.207 e. The van der Waals surface area contributed by atoms with Gasteiger partial charge in [-0.15, -0.1) is 6.58 Å². The van der Waals surface area contributed by atoms with E-state index < -0.39 is 0 Å². The summed E-state index contributed by atoms with van der Waals surface area (Å²) in [5.74, 6) is 0.603. The lowest BCUT2D eigenvalue weighted by atomic mass is 10.0. The van der Waals surface area contributed by atoms with Crippen molar-refractivity contribution < 1.29 is 4.79 Å². The molecule has 1 amide bonds. The van der Waals surface area contributed by atoms with Crippen molar-refractivity contribution in [3.05, 3.63) is 12.7 Å². The van der Waals surface area contributed by atoms with Gasteiger partial charge in [0.1, 0.15) is 0 Å². The smallest absolute Gasteiger partial charge is 0.207 e. The largest absolute Gasteiger partial charge is 0.359 e. The van der Waals surface area contributed by atoms with Gasteiger partial charge in [0.2, 0.25) is 6.41 Å². The molecule has 0 heterocycles. The molecule has 2 nitrogen and oxygen atoms in total. The highest BCUT2D eigenvalue weighted by Crippen LogP contribution is 2.07. The molecule has 0 saturated heterocycles. The lowest BCUT2D eigenvalue weighted by molar-refractivity contribution is -0.109. The van der Waals surface area contributed by atoms with Crippen molar-refractivity contribution in [3.8, 4) is 0 Å². The predicted octanol–water partition coefficient (Wildman–Crippen LogP) is 1.72. The van der Waals surface area contributed by atoms with E-state index in [-0.39, 0.29) is 0 Å². The summed E-state index contributed by atoms with van der Waals surface area (Å²) < 4.78 is 0. The minimum atomic E-state index is 0.603. The number of amides is 1. The van der Waals surface area contributed by atoms with E-state index in [1.54, 1.807) is 0 Å². The predicted molar refractivity (Wildman–Crippen MR) is 47.3 cm³/mol. The first kappa shape index (κ1) is 10.2. The molecule has 1 atom stereocenters. The van der Waals surface area contributed by atoms with Crippen molar-refractivity contribution in [1.82, 2.24) is 5.32 Å². The Kier molecular flexibility index (Phi) is 6.79. The third kappa shape index (κ3) is 7.10. The molecule has 0 aliphatic heterocycles. The molecule has 0 rings (SSSR count). The summed E-state index contributed by atoms with van der Waals surface area (Å²) in [4.78, 5) is 9.83. The van der Waals surface area contributed by atoms with Gasteiger partial charge >= 0.3 is 0 Å². The van der Waals surface area contributed by atoms with Crippen LogP contribution in [0.4, 0.5) is 0 Å². The standard InChI is InChI=1S/C9H17NO/c1-3-9(2)6-4-5-7-10-8-11/h3,8-9H,1,4-7H2,2H3,(H,10,11). The molecule has 0 aromatic carbocycles. The highest BCUT2D eigenvalue weighted by atomic mass is 16.1. The molecular weight excluding hydrogens is 138 g/mol. The van der Waals surface area contributed by atoms with E-state index in [0.29, 0.717) is 5.92 Å². The first-order valence-electron chi connectivity index (χ1n) is 4.11. The number of carbonyl (C=O) groups is 1. The summed E-state index contributed by atoms with van der Waals surface area (Å²) in [7, 11) is 0. The van der Waals surface area contributed by atoms with E-state index in [1.165, 1.54) is 6.42 Å². The Morgan fingerprint density at radius 3 is 2.82 bits per heavy atom. The monoisotopic (exact) mass is 155 g/mol.